The van der Waals surface area contributed by atoms with Crippen molar-refractivity contribution < 1.29 is 14.6 Å². The van der Waals surface area contributed by atoms with E-state index in [1.165, 1.54) is 11.6 Å². The molecule has 0 aliphatic heterocycles. The van der Waals surface area contributed by atoms with Crippen LogP contribution in [0.15, 0.2) is 78.9 Å². The first kappa shape index (κ1) is 23.2. The molecule has 0 unspecified atom stereocenters. The third-order valence-electron chi connectivity index (χ3n) is 4.12. The summed E-state index contributed by atoms with van der Waals surface area (Å²) in [4.78, 5) is 10.4. The quantitative estimate of drug-likeness (QED) is 0.305. The number of allylic oxidation sites excluding steroid dienone is 3. The number of carboxylic acid groups (broad SMARTS) is 1. The largest absolute Gasteiger partial charge is 0.489 e. The maximum absolute atomic E-state index is 10.4. The number of hydrogen-bond donors (Lipinski definition) is 1. The zero-order chi connectivity index (χ0) is 20.8. The van der Waals surface area contributed by atoms with Crippen LogP contribution < -0.4 is 4.74 Å². The average Bonchev–Trinajstić information content (AvgIpc) is 2.71. The van der Waals surface area contributed by atoms with Gasteiger partial charge in [0, 0.05) is 11.5 Å². The van der Waals surface area contributed by atoms with Gasteiger partial charge in [-0.15, -0.1) is 0 Å². The lowest BCUT2D eigenvalue weighted by Gasteiger charge is -2.22. The molecule has 0 bridgehead atoms. The molecule has 0 heterocycles. The highest BCUT2D eigenvalue weighted by Gasteiger charge is 2.17. The van der Waals surface area contributed by atoms with E-state index in [0.717, 1.165) is 24.2 Å². The summed E-state index contributed by atoms with van der Waals surface area (Å²) in [5.41, 5.74) is 2.20. The number of unbranched alkanes of at least 4 members (excludes halogenated alkanes) is 1. The van der Waals surface area contributed by atoms with Gasteiger partial charge in [0.15, 0.2) is 0 Å². The van der Waals surface area contributed by atoms with Crippen LogP contribution in [0.25, 0.3) is 0 Å². The topological polar surface area (TPSA) is 46.5 Å². The van der Waals surface area contributed by atoms with E-state index in [9.17, 15) is 4.79 Å². The molecule has 2 aromatic carbocycles. The average molecular weight is 381 g/mol. The van der Waals surface area contributed by atoms with Crippen molar-refractivity contribution in [2.24, 2.45) is 0 Å². The Morgan fingerprint density at radius 3 is 2.36 bits per heavy atom. The minimum Gasteiger partial charge on any atom is -0.489 e. The van der Waals surface area contributed by atoms with E-state index < -0.39 is 5.97 Å². The summed E-state index contributed by atoms with van der Waals surface area (Å²) in [5.74, 6) is -0.0427. The molecular formula is C25H32O3. The third-order valence-corrected chi connectivity index (χ3v) is 4.12. The van der Waals surface area contributed by atoms with Crippen LogP contribution >= 0.6 is 0 Å². The van der Waals surface area contributed by atoms with Gasteiger partial charge in [0.1, 0.15) is 12.4 Å². The maximum atomic E-state index is 10.4. The van der Waals surface area contributed by atoms with Gasteiger partial charge in [0.05, 0.1) is 0 Å². The summed E-state index contributed by atoms with van der Waals surface area (Å²) in [5, 5.41) is 8.57. The van der Waals surface area contributed by atoms with Crippen molar-refractivity contribution in [2.75, 3.05) is 0 Å². The Bertz CT molecular complexity index is 758. The van der Waals surface area contributed by atoms with E-state index in [4.69, 9.17) is 9.84 Å². The second-order valence-corrected chi connectivity index (χ2v) is 6.74. The number of aliphatic carboxylic acids is 1. The van der Waals surface area contributed by atoms with E-state index in [2.05, 4.69) is 50.3 Å². The number of ether oxygens (including phenoxy) is 1. The van der Waals surface area contributed by atoms with Crippen LogP contribution in [0.3, 0.4) is 0 Å². The molecule has 0 aromatic heterocycles. The van der Waals surface area contributed by atoms with Crippen molar-refractivity contribution in [2.45, 2.75) is 52.6 Å². The molecule has 3 nitrogen and oxygen atoms in total. The van der Waals surface area contributed by atoms with Crippen LogP contribution in [0.5, 0.6) is 5.75 Å². The lowest BCUT2D eigenvalue weighted by Crippen LogP contribution is -2.13. The van der Waals surface area contributed by atoms with Crippen LogP contribution in [-0.2, 0) is 16.8 Å². The van der Waals surface area contributed by atoms with E-state index in [0.29, 0.717) is 6.61 Å². The first-order chi connectivity index (χ1) is 13.5. The van der Waals surface area contributed by atoms with Crippen LogP contribution in [0, 0.1) is 0 Å². The van der Waals surface area contributed by atoms with E-state index >= 15 is 0 Å². The van der Waals surface area contributed by atoms with Gasteiger partial charge in [0.25, 0.3) is 0 Å². The Morgan fingerprint density at radius 2 is 1.68 bits per heavy atom. The van der Waals surface area contributed by atoms with Gasteiger partial charge in [-0.1, -0.05) is 88.4 Å². The van der Waals surface area contributed by atoms with Crippen molar-refractivity contribution in [1.82, 2.24) is 0 Å². The lowest BCUT2D eigenvalue weighted by atomic mass is 9.84. The summed E-state index contributed by atoms with van der Waals surface area (Å²) < 4.78 is 5.92. The lowest BCUT2D eigenvalue weighted by molar-refractivity contribution is -0.131. The first-order valence-corrected chi connectivity index (χ1v) is 9.82. The Hall–Kier alpha value is -2.81. The Labute approximate surface area is 169 Å². The Balaban J connectivity index is 0.00000190. The Morgan fingerprint density at radius 1 is 1.00 bits per heavy atom. The summed E-state index contributed by atoms with van der Waals surface area (Å²) >= 11 is 0. The minimum absolute atomic E-state index is 0.122. The summed E-state index contributed by atoms with van der Waals surface area (Å²) in [7, 11) is 0. The molecule has 2 rings (SSSR count). The van der Waals surface area contributed by atoms with Crippen molar-refractivity contribution in [3.8, 4) is 5.75 Å². The van der Waals surface area contributed by atoms with Crippen molar-refractivity contribution in [3.63, 3.8) is 0 Å². The van der Waals surface area contributed by atoms with Crippen molar-refractivity contribution in [1.29, 1.82) is 0 Å². The second kappa shape index (κ2) is 12.6. The fourth-order valence-electron chi connectivity index (χ4n) is 2.58. The van der Waals surface area contributed by atoms with Gasteiger partial charge in [-0.2, -0.15) is 0 Å². The van der Waals surface area contributed by atoms with Crippen LogP contribution in [0.2, 0.25) is 0 Å². The molecule has 0 saturated carbocycles. The summed E-state index contributed by atoms with van der Waals surface area (Å²) in [6, 6.07) is 18.3. The fraction of sp³-hybridized carbons (Fsp3) is 0.320. The molecule has 0 fully saturated rings. The maximum Gasteiger partial charge on any atom is 0.327 e. The van der Waals surface area contributed by atoms with Gasteiger partial charge < -0.3 is 9.84 Å². The summed E-state index contributed by atoms with van der Waals surface area (Å²) in [6.07, 6.45) is 8.67. The zero-order valence-electron chi connectivity index (χ0n) is 17.4. The number of hydrogen-bond acceptors (Lipinski definition) is 2. The van der Waals surface area contributed by atoms with Crippen LogP contribution in [-0.4, -0.2) is 11.1 Å². The van der Waals surface area contributed by atoms with Crippen LogP contribution in [0.1, 0.15) is 51.7 Å². The number of rotatable bonds is 9. The molecule has 0 spiro atoms. The SMILES string of the molecule is CC.CC(C)(C=CCCC=CC(=O)O)c1cccc(OCc2ccccc2)c1. The summed E-state index contributed by atoms with van der Waals surface area (Å²) in [6.45, 7) is 8.87. The molecule has 0 aliphatic rings. The molecular weight excluding hydrogens is 348 g/mol. The van der Waals surface area contributed by atoms with Crippen LogP contribution in [0.4, 0.5) is 0 Å². The fourth-order valence-corrected chi connectivity index (χ4v) is 2.58. The van der Waals surface area contributed by atoms with Gasteiger partial charge in [-0.3, -0.25) is 0 Å². The number of carbonyl (C=O) groups is 1. The van der Waals surface area contributed by atoms with Crippen molar-refractivity contribution >= 4 is 5.97 Å². The first-order valence-electron chi connectivity index (χ1n) is 9.82. The van der Waals surface area contributed by atoms with Gasteiger partial charge in [-0.05, 0) is 36.1 Å². The zero-order valence-corrected chi connectivity index (χ0v) is 17.4. The molecule has 3 heteroatoms. The molecule has 28 heavy (non-hydrogen) atoms. The molecule has 2 aromatic rings. The molecule has 150 valence electrons. The smallest absolute Gasteiger partial charge is 0.327 e. The normalized spacial score (nSPS) is 11.3. The highest BCUT2D eigenvalue weighted by atomic mass is 16.5. The second-order valence-electron chi connectivity index (χ2n) is 6.74. The standard InChI is InChI=1S/C23H26O3.C2H6/c1-23(2,16-9-4-3-8-15-22(24)25)20-13-10-14-21(17-20)26-18-19-11-6-5-7-12-19;1-2/h5-17H,3-4,18H2,1-2H3,(H,24,25);1-2H3. The van der Waals surface area contributed by atoms with Gasteiger partial charge in [-0.25, -0.2) is 4.79 Å². The molecule has 0 amide bonds. The van der Waals surface area contributed by atoms with E-state index in [1.807, 2.05) is 44.2 Å². The highest BCUT2D eigenvalue weighted by Crippen LogP contribution is 2.28. The van der Waals surface area contributed by atoms with Crippen molar-refractivity contribution in [3.05, 3.63) is 90.0 Å². The molecule has 1 N–H and O–H groups in total. The number of benzene rings is 2. The molecule has 0 radical (unpaired) electrons. The Kier molecular flexibility index (Phi) is 10.4. The van der Waals surface area contributed by atoms with E-state index in [-0.39, 0.29) is 5.41 Å². The monoisotopic (exact) mass is 380 g/mol. The predicted molar refractivity (Wildman–Crippen MR) is 117 cm³/mol. The molecule has 0 atom stereocenters. The van der Waals surface area contributed by atoms with Gasteiger partial charge in [0.2, 0.25) is 0 Å². The molecule has 0 saturated heterocycles. The molecule has 0 aliphatic carbocycles. The van der Waals surface area contributed by atoms with Gasteiger partial charge >= 0.3 is 5.97 Å². The van der Waals surface area contributed by atoms with E-state index in [1.54, 1.807) is 6.08 Å². The number of carboxylic acids is 1. The third kappa shape index (κ3) is 8.72. The minimum atomic E-state index is -0.901. The highest BCUT2D eigenvalue weighted by molar-refractivity contribution is 5.79. The predicted octanol–water partition coefficient (Wildman–Crippen LogP) is 6.55.